The van der Waals surface area contributed by atoms with E-state index in [0.717, 1.165) is 34.2 Å². The highest BCUT2D eigenvalue weighted by Crippen LogP contribution is 2.30. The highest BCUT2D eigenvalue weighted by molar-refractivity contribution is 6.13. The van der Waals surface area contributed by atoms with Gasteiger partial charge in [0.05, 0.1) is 18.3 Å². The van der Waals surface area contributed by atoms with Crippen LogP contribution in [0.5, 0.6) is 0 Å². The number of hydrogen-bond acceptors (Lipinski definition) is 2. The van der Waals surface area contributed by atoms with Gasteiger partial charge in [0.1, 0.15) is 12.4 Å². The van der Waals surface area contributed by atoms with Gasteiger partial charge in [-0.2, -0.15) is 0 Å². The molecule has 1 atom stereocenters. The summed E-state index contributed by atoms with van der Waals surface area (Å²) in [5.74, 6) is -0.391. The molecule has 3 aromatic rings. The molecule has 0 saturated heterocycles. The molecule has 6 heteroatoms. The molecule has 1 aromatic heterocycles. The van der Waals surface area contributed by atoms with Crippen LogP contribution in [0.25, 0.3) is 22.2 Å². The number of H-pyrrole nitrogens is 1. The van der Waals surface area contributed by atoms with E-state index < -0.39 is 0 Å². The lowest BCUT2D eigenvalue weighted by Gasteiger charge is -2.13. The number of aromatic amines is 1. The first-order valence-corrected chi connectivity index (χ1v) is 9.52. The Morgan fingerprint density at radius 1 is 1.11 bits per heavy atom. The Hall–Kier alpha value is -2.99. The van der Waals surface area contributed by atoms with E-state index in [0.29, 0.717) is 17.3 Å². The van der Waals surface area contributed by atoms with E-state index in [9.17, 15) is 14.0 Å². The lowest BCUT2D eigenvalue weighted by Crippen LogP contribution is -3.11. The average Bonchev–Trinajstić information content (AvgIpc) is 3.38. The number of likely N-dealkylation sites (N-methyl/N-ethyl adjacent to an activating group) is 1. The SMILES string of the molecule is C[NH+](CC(=O)NC1CC1)CC(=O)c1c(-c2ccc(F)cc2)[nH]c2ccccc12. The van der Waals surface area contributed by atoms with Crippen LogP contribution < -0.4 is 10.2 Å². The second-order valence-electron chi connectivity index (χ2n) is 7.50. The molecule has 28 heavy (non-hydrogen) atoms. The van der Waals surface area contributed by atoms with Crippen LogP contribution in [0.3, 0.4) is 0 Å². The van der Waals surface area contributed by atoms with Crippen molar-refractivity contribution in [2.45, 2.75) is 18.9 Å². The fourth-order valence-corrected chi connectivity index (χ4v) is 3.47. The molecule has 1 aliphatic rings. The molecule has 1 heterocycles. The molecule has 1 aliphatic carbocycles. The number of aromatic nitrogens is 1. The Morgan fingerprint density at radius 2 is 1.82 bits per heavy atom. The fraction of sp³-hybridized carbons (Fsp3) is 0.273. The molecule has 144 valence electrons. The van der Waals surface area contributed by atoms with Crippen LogP contribution in [0.1, 0.15) is 23.2 Å². The molecule has 0 bridgehead atoms. The van der Waals surface area contributed by atoms with Crippen molar-refractivity contribution >= 4 is 22.6 Å². The molecule has 0 radical (unpaired) electrons. The number of para-hydroxylation sites is 1. The van der Waals surface area contributed by atoms with Crippen LogP contribution in [0.4, 0.5) is 4.39 Å². The van der Waals surface area contributed by atoms with E-state index in [-0.39, 0.29) is 30.6 Å². The second-order valence-corrected chi connectivity index (χ2v) is 7.50. The predicted molar refractivity (Wildman–Crippen MR) is 106 cm³/mol. The van der Waals surface area contributed by atoms with Crippen LogP contribution in [0, 0.1) is 5.82 Å². The van der Waals surface area contributed by atoms with Gasteiger partial charge in [0.2, 0.25) is 5.78 Å². The molecule has 0 aliphatic heterocycles. The minimum absolute atomic E-state index is 0.0227. The summed E-state index contributed by atoms with van der Waals surface area (Å²) in [6.45, 7) is 0.463. The van der Waals surface area contributed by atoms with E-state index >= 15 is 0 Å². The number of fused-ring (bicyclic) bond motifs is 1. The standard InChI is InChI=1S/C22H22FN3O2/c1-26(13-20(28)24-16-10-11-16)12-19(27)21-17-4-2-3-5-18(17)25-22(21)14-6-8-15(23)9-7-14/h2-9,16,25H,10-13H2,1H3,(H,24,28)/p+1. The Kier molecular flexibility index (Phi) is 4.96. The van der Waals surface area contributed by atoms with Crippen LogP contribution >= 0.6 is 0 Å². The van der Waals surface area contributed by atoms with Gasteiger partial charge in [-0.3, -0.25) is 9.59 Å². The molecule has 1 saturated carbocycles. The van der Waals surface area contributed by atoms with Gasteiger partial charge < -0.3 is 15.2 Å². The normalized spacial score (nSPS) is 14.8. The zero-order chi connectivity index (χ0) is 19.7. The first-order chi connectivity index (χ1) is 13.5. The van der Waals surface area contributed by atoms with Crippen molar-refractivity contribution in [2.75, 3.05) is 20.1 Å². The van der Waals surface area contributed by atoms with Crippen LogP contribution in [-0.4, -0.2) is 42.9 Å². The Bertz CT molecular complexity index is 1020. The number of nitrogens with one attached hydrogen (secondary N) is 3. The summed E-state index contributed by atoms with van der Waals surface area (Å²) < 4.78 is 13.3. The summed E-state index contributed by atoms with van der Waals surface area (Å²) in [5, 5.41) is 3.79. The third-order valence-electron chi connectivity index (χ3n) is 4.98. The van der Waals surface area contributed by atoms with Gasteiger partial charge in [0.15, 0.2) is 6.54 Å². The van der Waals surface area contributed by atoms with Crippen molar-refractivity contribution in [3.05, 3.63) is 59.9 Å². The van der Waals surface area contributed by atoms with Gasteiger partial charge >= 0.3 is 0 Å². The maximum absolute atomic E-state index is 13.3. The third-order valence-corrected chi connectivity index (χ3v) is 4.98. The van der Waals surface area contributed by atoms with Gasteiger partial charge in [-0.05, 0) is 48.7 Å². The quantitative estimate of drug-likeness (QED) is 0.549. The van der Waals surface area contributed by atoms with E-state index in [1.807, 2.05) is 31.3 Å². The van der Waals surface area contributed by atoms with Crippen molar-refractivity contribution in [1.29, 1.82) is 0 Å². The highest BCUT2D eigenvalue weighted by Gasteiger charge is 2.26. The number of halogens is 1. The molecule has 4 rings (SSSR count). The summed E-state index contributed by atoms with van der Waals surface area (Å²) >= 11 is 0. The first-order valence-electron chi connectivity index (χ1n) is 9.52. The van der Waals surface area contributed by atoms with E-state index in [4.69, 9.17) is 0 Å². The largest absolute Gasteiger partial charge is 0.354 e. The highest BCUT2D eigenvalue weighted by atomic mass is 19.1. The van der Waals surface area contributed by atoms with E-state index in [1.165, 1.54) is 12.1 Å². The summed E-state index contributed by atoms with van der Waals surface area (Å²) in [5.41, 5.74) is 2.88. The summed E-state index contributed by atoms with van der Waals surface area (Å²) in [6, 6.07) is 14.0. The smallest absolute Gasteiger partial charge is 0.275 e. The Morgan fingerprint density at radius 3 is 2.54 bits per heavy atom. The molecule has 1 unspecified atom stereocenters. The number of quaternary nitrogens is 1. The fourth-order valence-electron chi connectivity index (χ4n) is 3.47. The van der Waals surface area contributed by atoms with Crippen molar-refractivity contribution < 1.29 is 18.9 Å². The molecule has 2 aromatic carbocycles. The minimum atomic E-state index is -0.321. The first kappa shape index (κ1) is 18.4. The van der Waals surface area contributed by atoms with Crippen molar-refractivity contribution in [2.24, 2.45) is 0 Å². The van der Waals surface area contributed by atoms with Crippen LogP contribution in [0.15, 0.2) is 48.5 Å². The molecule has 5 nitrogen and oxygen atoms in total. The molecule has 1 amide bonds. The Balaban J connectivity index is 1.60. The Labute approximate surface area is 162 Å². The van der Waals surface area contributed by atoms with Crippen LogP contribution in [0.2, 0.25) is 0 Å². The van der Waals surface area contributed by atoms with Crippen LogP contribution in [-0.2, 0) is 4.79 Å². The summed E-state index contributed by atoms with van der Waals surface area (Å²) in [7, 11) is 1.84. The number of benzene rings is 2. The number of ketones is 1. The zero-order valence-electron chi connectivity index (χ0n) is 15.7. The number of Topliss-reactive ketones (excluding diaryl/α,β-unsaturated/α-hetero) is 1. The van der Waals surface area contributed by atoms with Gasteiger partial charge in [-0.1, -0.05) is 18.2 Å². The molecule has 0 spiro atoms. The van der Waals surface area contributed by atoms with Crippen molar-refractivity contribution in [3.8, 4) is 11.3 Å². The average molecular weight is 380 g/mol. The van der Waals surface area contributed by atoms with Gasteiger partial charge in [-0.25, -0.2) is 4.39 Å². The molecule has 1 fully saturated rings. The zero-order valence-corrected chi connectivity index (χ0v) is 15.7. The molecular formula is C22H23FN3O2+. The van der Waals surface area contributed by atoms with Gasteiger partial charge in [0, 0.05) is 16.9 Å². The number of carbonyl (C=O) groups excluding carboxylic acids is 2. The molecule has 3 N–H and O–H groups in total. The van der Waals surface area contributed by atoms with Gasteiger partial charge in [0.25, 0.3) is 5.91 Å². The lowest BCUT2D eigenvalue weighted by molar-refractivity contribution is -0.862. The topological polar surface area (TPSA) is 66.4 Å². The van der Waals surface area contributed by atoms with E-state index in [1.54, 1.807) is 12.1 Å². The van der Waals surface area contributed by atoms with E-state index in [2.05, 4.69) is 10.3 Å². The second kappa shape index (κ2) is 7.56. The van der Waals surface area contributed by atoms with Crippen molar-refractivity contribution in [1.82, 2.24) is 10.3 Å². The number of amides is 1. The summed E-state index contributed by atoms with van der Waals surface area (Å²) in [4.78, 5) is 29.3. The summed E-state index contributed by atoms with van der Waals surface area (Å²) in [6.07, 6.45) is 2.08. The van der Waals surface area contributed by atoms with Crippen molar-refractivity contribution in [3.63, 3.8) is 0 Å². The number of carbonyl (C=O) groups is 2. The predicted octanol–water partition coefficient (Wildman–Crippen LogP) is 1.95. The maximum atomic E-state index is 13.3. The van der Waals surface area contributed by atoms with Gasteiger partial charge in [-0.15, -0.1) is 0 Å². The maximum Gasteiger partial charge on any atom is 0.275 e. The third kappa shape index (κ3) is 3.97. The number of hydrogen-bond donors (Lipinski definition) is 3. The lowest BCUT2D eigenvalue weighted by atomic mass is 10.0. The number of rotatable bonds is 7. The minimum Gasteiger partial charge on any atom is -0.354 e. The monoisotopic (exact) mass is 380 g/mol. The molecular weight excluding hydrogens is 357 g/mol.